The Labute approximate surface area is 194 Å². The van der Waals surface area contributed by atoms with Crippen LogP contribution in [0.4, 0.5) is 10.3 Å². The number of aromatic nitrogens is 2. The molecule has 0 aliphatic heterocycles. The number of hydrogen-bond donors (Lipinski definition) is 0. The van der Waals surface area contributed by atoms with Crippen molar-refractivity contribution in [2.24, 2.45) is 0 Å². The molecule has 0 bridgehead atoms. The Morgan fingerprint density at radius 2 is 1.15 bits per heavy atom. The normalized spacial score (nSPS) is 10.6. The molecule has 7 nitrogen and oxygen atoms in total. The first-order valence-electron chi connectivity index (χ1n) is 10.7. The largest absolute Gasteiger partial charge is 0.497 e. The molecule has 0 aliphatic rings. The molecule has 0 aliphatic carbocycles. The topological polar surface area (TPSA) is 65.9 Å². The number of hydrogen-bond acceptors (Lipinski definition) is 7. The summed E-state index contributed by atoms with van der Waals surface area (Å²) in [6.07, 6.45) is 0.775. The SMILES string of the molecule is COc1ccc(CN(Cc2ccc(OC)cc2)c2nc(OC)c(CCCF)c(OC)n2)cc1. The minimum Gasteiger partial charge on any atom is -0.497 e. The summed E-state index contributed by atoms with van der Waals surface area (Å²) >= 11 is 0. The Balaban J connectivity index is 1.98. The zero-order valence-corrected chi connectivity index (χ0v) is 19.5. The van der Waals surface area contributed by atoms with Crippen molar-refractivity contribution in [2.45, 2.75) is 25.9 Å². The van der Waals surface area contributed by atoms with Gasteiger partial charge in [0, 0.05) is 13.1 Å². The quantitative estimate of drug-likeness (QED) is 0.395. The molecule has 1 aromatic heterocycles. The van der Waals surface area contributed by atoms with Gasteiger partial charge in [-0.25, -0.2) is 0 Å². The number of anilines is 1. The van der Waals surface area contributed by atoms with Gasteiger partial charge in [-0.3, -0.25) is 4.39 Å². The van der Waals surface area contributed by atoms with Crippen LogP contribution in [0, 0.1) is 0 Å². The van der Waals surface area contributed by atoms with Gasteiger partial charge in [0.2, 0.25) is 17.7 Å². The lowest BCUT2D eigenvalue weighted by molar-refractivity contribution is 0.358. The highest BCUT2D eigenvalue weighted by molar-refractivity contribution is 5.45. The predicted octanol–water partition coefficient (Wildman–Crippen LogP) is 4.62. The number of benzene rings is 2. The van der Waals surface area contributed by atoms with Crippen LogP contribution < -0.4 is 23.8 Å². The van der Waals surface area contributed by atoms with Gasteiger partial charge >= 0.3 is 0 Å². The summed E-state index contributed by atoms with van der Waals surface area (Å²) in [6.45, 7) is 0.660. The van der Waals surface area contributed by atoms with E-state index in [9.17, 15) is 4.39 Å². The van der Waals surface area contributed by atoms with Crippen molar-refractivity contribution >= 4 is 5.95 Å². The first-order chi connectivity index (χ1) is 16.1. The predicted molar refractivity (Wildman–Crippen MR) is 125 cm³/mol. The molecule has 0 fully saturated rings. The van der Waals surface area contributed by atoms with Crippen LogP contribution in [-0.2, 0) is 19.5 Å². The summed E-state index contributed by atoms with van der Waals surface area (Å²) in [5.41, 5.74) is 2.79. The average molecular weight is 456 g/mol. The second-order valence-electron chi connectivity index (χ2n) is 7.37. The van der Waals surface area contributed by atoms with Crippen LogP contribution in [0.15, 0.2) is 48.5 Å². The van der Waals surface area contributed by atoms with Crippen molar-refractivity contribution in [3.8, 4) is 23.3 Å². The van der Waals surface area contributed by atoms with E-state index in [-0.39, 0.29) is 0 Å². The molecule has 2 aromatic carbocycles. The molecule has 0 N–H and O–H groups in total. The smallest absolute Gasteiger partial charge is 0.232 e. The molecule has 0 saturated heterocycles. The molecule has 8 heteroatoms. The highest BCUT2D eigenvalue weighted by Crippen LogP contribution is 2.30. The Hall–Kier alpha value is -3.55. The van der Waals surface area contributed by atoms with E-state index in [0.717, 1.165) is 22.6 Å². The summed E-state index contributed by atoms with van der Waals surface area (Å²) in [5.74, 6) is 2.81. The minimum absolute atomic E-state index is 0.344. The molecule has 33 heavy (non-hydrogen) atoms. The standard InChI is InChI=1S/C25H30FN3O4/c1-30-20-11-7-18(8-12-20)16-29(17-19-9-13-21(31-2)14-10-19)25-27-23(32-3)22(6-5-15-26)24(28-25)33-4/h7-14H,5-6,15-17H2,1-4H3. The van der Waals surface area contributed by atoms with Crippen molar-refractivity contribution < 1.29 is 23.3 Å². The molecule has 176 valence electrons. The van der Waals surface area contributed by atoms with Gasteiger partial charge in [-0.2, -0.15) is 9.97 Å². The zero-order chi connectivity index (χ0) is 23.6. The maximum absolute atomic E-state index is 12.8. The minimum atomic E-state index is -0.435. The number of ether oxygens (including phenoxy) is 4. The third-order valence-corrected chi connectivity index (χ3v) is 5.21. The Kier molecular flexibility index (Phi) is 8.69. The van der Waals surface area contributed by atoms with Crippen LogP contribution in [-0.4, -0.2) is 45.1 Å². The molecule has 0 spiro atoms. The van der Waals surface area contributed by atoms with E-state index >= 15 is 0 Å². The summed E-state index contributed by atoms with van der Waals surface area (Å²) in [6, 6.07) is 15.7. The van der Waals surface area contributed by atoms with Crippen LogP contribution in [0.5, 0.6) is 23.3 Å². The van der Waals surface area contributed by atoms with Crippen molar-refractivity contribution in [3.63, 3.8) is 0 Å². The Morgan fingerprint density at radius 3 is 1.52 bits per heavy atom. The molecule has 0 atom stereocenters. The number of alkyl halides is 1. The maximum atomic E-state index is 12.8. The highest BCUT2D eigenvalue weighted by atomic mass is 19.1. The van der Waals surface area contributed by atoms with E-state index in [1.807, 2.05) is 53.4 Å². The second kappa shape index (κ2) is 11.9. The molecular formula is C25H30FN3O4. The fraction of sp³-hybridized carbons (Fsp3) is 0.360. The van der Waals surface area contributed by atoms with Crippen molar-refractivity contribution in [1.29, 1.82) is 0 Å². The average Bonchev–Trinajstić information content (AvgIpc) is 2.87. The number of halogens is 1. The fourth-order valence-corrected chi connectivity index (χ4v) is 3.47. The van der Waals surface area contributed by atoms with Crippen LogP contribution in [0.2, 0.25) is 0 Å². The van der Waals surface area contributed by atoms with E-state index < -0.39 is 6.67 Å². The van der Waals surface area contributed by atoms with E-state index in [1.54, 1.807) is 28.4 Å². The van der Waals surface area contributed by atoms with E-state index in [1.165, 1.54) is 0 Å². The van der Waals surface area contributed by atoms with Gasteiger partial charge in [0.1, 0.15) is 11.5 Å². The Bertz CT molecular complexity index is 939. The molecule has 1 heterocycles. The molecule has 0 unspecified atom stereocenters. The number of rotatable bonds is 12. The zero-order valence-electron chi connectivity index (χ0n) is 19.5. The van der Waals surface area contributed by atoms with Crippen LogP contribution in [0.25, 0.3) is 0 Å². The monoisotopic (exact) mass is 455 g/mol. The summed E-state index contributed by atoms with van der Waals surface area (Å²) in [7, 11) is 6.37. The molecule has 3 rings (SSSR count). The molecule has 0 saturated carbocycles. The van der Waals surface area contributed by atoms with Crippen molar-refractivity contribution in [1.82, 2.24) is 9.97 Å². The van der Waals surface area contributed by atoms with Crippen molar-refractivity contribution in [3.05, 3.63) is 65.2 Å². The van der Waals surface area contributed by atoms with E-state index in [4.69, 9.17) is 18.9 Å². The number of nitrogens with zero attached hydrogens (tertiary/aromatic N) is 3. The molecule has 0 radical (unpaired) electrons. The molecule has 3 aromatic rings. The number of methoxy groups -OCH3 is 4. The van der Waals surface area contributed by atoms with Crippen LogP contribution >= 0.6 is 0 Å². The molecule has 0 amide bonds. The second-order valence-corrected chi connectivity index (χ2v) is 7.37. The summed E-state index contributed by atoms with van der Waals surface area (Å²) in [4.78, 5) is 11.3. The van der Waals surface area contributed by atoms with E-state index in [0.29, 0.717) is 49.2 Å². The van der Waals surface area contributed by atoms with Crippen LogP contribution in [0.3, 0.4) is 0 Å². The lowest BCUT2D eigenvalue weighted by atomic mass is 10.1. The lowest BCUT2D eigenvalue weighted by Crippen LogP contribution is -2.25. The third-order valence-electron chi connectivity index (χ3n) is 5.21. The molecular weight excluding hydrogens is 425 g/mol. The third kappa shape index (κ3) is 6.25. The maximum Gasteiger partial charge on any atom is 0.232 e. The van der Waals surface area contributed by atoms with Gasteiger partial charge in [0.15, 0.2) is 0 Å². The van der Waals surface area contributed by atoms with Gasteiger partial charge in [0.25, 0.3) is 0 Å². The first kappa shape index (κ1) is 24.1. The van der Waals surface area contributed by atoms with Crippen LogP contribution in [0.1, 0.15) is 23.1 Å². The Morgan fingerprint density at radius 1 is 0.697 bits per heavy atom. The summed E-state index contributed by atoms with van der Waals surface area (Å²) in [5, 5.41) is 0. The van der Waals surface area contributed by atoms with Gasteiger partial charge in [0.05, 0.1) is 40.7 Å². The van der Waals surface area contributed by atoms with Gasteiger partial charge in [-0.1, -0.05) is 24.3 Å². The van der Waals surface area contributed by atoms with Crippen molar-refractivity contribution in [2.75, 3.05) is 40.0 Å². The summed E-state index contributed by atoms with van der Waals surface area (Å²) < 4.78 is 34.4. The van der Waals surface area contributed by atoms with Gasteiger partial charge < -0.3 is 23.8 Å². The first-order valence-corrected chi connectivity index (χ1v) is 10.7. The van der Waals surface area contributed by atoms with Gasteiger partial charge in [-0.05, 0) is 48.2 Å². The van der Waals surface area contributed by atoms with Gasteiger partial charge in [-0.15, -0.1) is 0 Å². The van der Waals surface area contributed by atoms with E-state index in [2.05, 4.69) is 9.97 Å². The highest BCUT2D eigenvalue weighted by Gasteiger charge is 2.20. The fourth-order valence-electron chi connectivity index (χ4n) is 3.47. The lowest BCUT2D eigenvalue weighted by Gasteiger charge is -2.25.